The van der Waals surface area contributed by atoms with Gasteiger partial charge in [0, 0.05) is 42.5 Å². The van der Waals surface area contributed by atoms with Gasteiger partial charge >= 0.3 is 5.97 Å². The summed E-state index contributed by atoms with van der Waals surface area (Å²) in [5.74, 6) is -3.20. The van der Waals surface area contributed by atoms with Gasteiger partial charge in [0.05, 0.1) is 16.3 Å². The number of aromatic nitrogens is 4. The molecule has 1 unspecified atom stereocenters. The van der Waals surface area contributed by atoms with Gasteiger partial charge in [-0.3, -0.25) is 14.4 Å². The van der Waals surface area contributed by atoms with Gasteiger partial charge in [-0.15, -0.1) is 5.10 Å². The summed E-state index contributed by atoms with van der Waals surface area (Å²) in [6.45, 7) is 1.34. The molecule has 6 rings (SSSR count). The molecular formula is C38H34ClFN8O5. The van der Waals surface area contributed by atoms with Gasteiger partial charge in [0.1, 0.15) is 12.4 Å². The molecule has 15 heteroatoms. The molecule has 5 aromatic rings. The van der Waals surface area contributed by atoms with Crippen LogP contribution in [0.3, 0.4) is 0 Å². The third-order valence-electron chi connectivity index (χ3n) is 8.75. The number of hydrogen-bond donors (Lipinski definition) is 3. The number of tetrazole rings is 1. The van der Waals surface area contributed by atoms with E-state index in [0.717, 1.165) is 16.7 Å². The first kappa shape index (κ1) is 36.5. The maximum absolute atomic E-state index is 15.3. The highest BCUT2D eigenvalue weighted by Gasteiger charge is 2.36. The van der Waals surface area contributed by atoms with E-state index >= 15 is 4.39 Å². The van der Waals surface area contributed by atoms with E-state index in [4.69, 9.17) is 11.6 Å². The third-order valence-corrected chi connectivity index (χ3v) is 9.04. The topological polar surface area (TPSA) is 163 Å². The van der Waals surface area contributed by atoms with Crippen molar-refractivity contribution in [3.63, 3.8) is 0 Å². The summed E-state index contributed by atoms with van der Waals surface area (Å²) in [7, 11) is 3.86. The number of anilines is 1. The number of benzene rings is 4. The Morgan fingerprint density at radius 3 is 2.42 bits per heavy atom. The van der Waals surface area contributed by atoms with Crippen LogP contribution < -0.4 is 10.6 Å². The van der Waals surface area contributed by atoms with Crippen molar-refractivity contribution in [3.05, 3.63) is 130 Å². The number of carboxylic acids is 1. The Balaban J connectivity index is 1.33. The zero-order valence-corrected chi connectivity index (χ0v) is 29.4. The minimum atomic E-state index is -1.13. The molecule has 0 aliphatic carbocycles. The minimum Gasteiger partial charge on any atom is -0.478 e. The molecule has 1 atom stereocenters. The van der Waals surface area contributed by atoms with Crippen molar-refractivity contribution in [1.29, 1.82) is 0 Å². The standard InChI is InChI=1S/C38H34ClFN8O5/c1-46(2)21-19-41-36(50)24-8-6-23(7-9-24)27-4-3-5-29-28(27)18-20-47(35(29)37(51)43-26-12-10-25(11-13-26)38(52)53)33(49)17-14-30-32(48-22-42-44-45-48)16-15-31(39)34(30)40/h3-17,22,35H,18-21H2,1-2H3,(H,41,50)(H,43,51)(H,52,53). The fourth-order valence-corrected chi connectivity index (χ4v) is 6.26. The molecule has 3 N–H and O–H groups in total. The molecule has 4 aromatic carbocycles. The van der Waals surface area contributed by atoms with Crippen LogP contribution in [-0.2, 0) is 16.0 Å². The molecular weight excluding hydrogens is 703 g/mol. The second kappa shape index (κ2) is 16.0. The zero-order valence-electron chi connectivity index (χ0n) is 28.7. The van der Waals surface area contributed by atoms with Crippen molar-refractivity contribution >= 4 is 47.1 Å². The number of carbonyl (C=O) groups is 4. The summed E-state index contributed by atoms with van der Waals surface area (Å²) >= 11 is 6.08. The highest BCUT2D eigenvalue weighted by atomic mass is 35.5. The van der Waals surface area contributed by atoms with E-state index in [2.05, 4.69) is 26.2 Å². The zero-order chi connectivity index (χ0) is 37.6. The number of likely N-dealkylation sites (N-methyl/N-ethyl adjacent to an activating group) is 1. The highest BCUT2D eigenvalue weighted by Crippen LogP contribution is 2.37. The fraction of sp³-hybridized carbons (Fsp3) is 0.184. The van der Waals surface area contributed by atoms with E-state index in [1.54, 1.807) is 24.3 Å². The van der Waals surface area contributed by atoms with Gasteiger partial charge < -0.3 is 25.5 Å². The number of nitrogens with one attached hydrogen (secondary N) is 2. The Morgan fingerprint density at radius 1 is 1.00 bits per heavy atom. The monoisotopic (exact) mass is 736 g/mol. The SMILES string of the molecule is CN(C)CCNC(=O)c1ccc(-c2cccc3c2CCN(C(=O)C=Cc2c(-n4cnnn4)ccc(Cl)c2F)C3C(=O)Nc2ccc(C(=O)O)cc2)cc1. The molecule has 53 heavy (non-hydrogen) atoms. The molecule has 1 aromatic heterocycles. The molecule has 0 saturated carbocycles. The number of nitrogens with zero attached hydrogens (tertiary/aromatic N) is 6. The Morgan fingerprint density at radius 2 is 1.74 bits per heavy atom. The van der Waals surface area contributed by atoms with Crippen LogP contribution in [0.15, 0.2) is 91.3 Å². The van der Waals surface area contributed by atoms with Crippen LogP contribution in [0.25, 0.3) is 22.9 Å². The van der Waals surface area contributed by atoms with Crippen LogP contribution >= 0.6 is 11.6 Å². The Labute approximate surface area is 308 Å². The number of carboxylic acid groups (broad SMARTS) is 1. The van der Waals surface area contributed by atoms with E-state index in [-0.39, 0.29) is 34.3 Å². The predicted molar refractivity (Wildman–Crippen MR) is 196 cm³/mol. The first-order valence-electron chi connectivity index (χ1n) is 16.5. The van der Waals surface area contributed by atoms with Crippen molar-refractivity contribution in [1.82, 2.24) is 35.3 Å². The second-order valence-electron chi connectivity index (χ2n) is 12.4. The van der Waals surface area contributed by atoms with Crippen LogP contribution in [0.5, 0.6) is 0 Å². The molecule has 0 fully saturated rings. The lowest BCUT2D eigenvalue weighted by molar-refractivity contribution is -0.135. The van der Waals surface area contributed by atoms with Gasteiger partial charge in [-0.25, -0.2) is 9.18 Å². The molecule has 1 aliphatic heterocycles. The minimum absolute atomic E-state index is 0.0350. The Kier molecular flexibility index (Phi) is 11.0. The van der Waals surface area contributed by atoms with Crippen LogP contribution in [-0.4, -0.2) is 92.5 Å². The maximum atomic E-state index is 15.3. The van der Waals surface area contributed by atoms with Gasteiger partial charge in [0.15, 0.2) is 5.82 Å². The van der Waals surface area contributed by atoms with Crippen molar-refractivity contribution in [2.45, 2.75) is 12.5 Å². The number of amides is 3. The normalized spacial score (nSPS) is 13.9. The quantitative estimate of drug-likeness (QED) is 0.160. The second-order valence-corrected chi connectivity index (χ2v) is 12.9. The molecule has 13 nitrogen and oxygen atoms in total. The number of hydrogen-bond acceptors (Lipinski definition) is 8. The predicted octanol–water partition coefficient (Wildman–Crippen LogP) is 4.89. The van der Waals surface area contributed by atoms with Gasteiger partial charge in [-0.1, -0.05) is 41.9 Å². The Hall–Kier alpha value is -6.25. The lowest BCUT2D eigenvalue weighted by Gasteiger charge is -2.37. The first-order valence-corrected chi connectivity index (χ1v) is 16.9. The highest BCUT2D eigenvalue weighted by molar-refractivity contribution is 6.31. The maximum Gasteiger partial charge on any atom is 0.335 e. The molecule has 0 spiro atoms. The van der Waals surface area contributed by atoms with Crippen LogP contribution in [0.2, 0.25) is 5.02 Å². The summed E-state index contributed by atoms with van der Waals surface area (Å²) < 4.78 is 16.5. The average molecular weight is 737 g/mol. The lowest BCUT2D eigenvalue weighted by Crippen LogP contribution is -2.45. The number of carbonyl (C=O) groups excluding carboxylic acids is 3. The Bertz CT molecular complexity index is 2190. The van der Waals surface area contributed by atoms with E-state index in [1.165, 1.54) is 64.5 Å². The third kappa shape index (κ3) is 8.14. The first-order chi connectivity index (χ1) is 25.5. The van der Waals surface area contributed by atoms with E-state index in [0.29, 0.717) is 36.3 Å². The smallest absolute Gasteiger partial charge is 0.335 e. The number of rotatable bonds is 11. The van der Waals surface area contributed by atoms with Crippen LogP contribution in [0.4, 0.5) is 10.1 Å². The molecule has 270 valence electrons. The van der Waals surface area contributed by atoms with E-state index in [9.17, 15) is 24.3 Å². The lowest BCUT2D eigenvalue weighted by atomic mass is 9.85. The van der Waals surface area contributed by atoms with Gasteiger partial charge in [0.25, 0.3) is 11.8 Å². The van der Waals surface area contributed by atoms with E-state index in [1.807, 2.05) is 37.2 Å². The number of fused-ring (bicyclic) bond motifs is 1. The summed E-state index contributed by atoms with van der Waals surface area (Å²) in [5.41, 5.74) is 4.16. The van der Waals surface area contributed by atoms with Gasteiger partial charge in [-0.2, -0.15) is 4.68 Å². The summed E-state index contributed by atoms with van der Waals surface area (Å²) in [5, 5.41) is 25.9. The number of halogens is 2. The average Bonchev–Trinajstić information content (AvgIpc) is 3.69. The largest absolute Gasteiger partial charge is 0.478 e. The molecule has 0 saturated heterocycles. The molecule has 3 amide bonds. The van der Waals surface area contributed by atoms with Gasteiger partial charge in [-0.05, 0) is 108 Å². The van der Waals surface area contributed by atoms with Gasteiger partial charge in [0.2, 0.25) is 5.91 Å². The molecule has 1 aliphatic rings. The molecule has 0 radical (unpaired) electrons. The summed E-state index contributed by atoms with van der Waals surface area (Å²) in [6, 6.07) is 20.1. The van der Waals surface area contributed by atoms with Crippen molar-refractivity contribution in [3.8, 4) is 16.8 Å². The molecule has 2 heterocycles. The summed E-state index contributed by atoms with van der Waals surface area (Å²) in [4.78, 5) is 55.6. The fourth-order valence-electron chi connectivity index (χ4n) is 6.10. The number of aromatic carboxylic acids is 1. The van der Waals surface area contributed by atoms with Crippen LogP contribution in [0.1, 0.15) is 43.4 Å². The van der Waals surface area contributed by atoms with E-state index < -0.39 is 29.6 Å². The van der Waals surface area contributed by atoms with Crippen molar-refractivity contribution in [2.24, 2.45) is 0 Å². The molecule has 0 bridgehead atoms. The van der Waals surface area contributed by atoms with Crippen molar-refractivity contribution < 1.29 is 28.7 Å². The van der Waals surface area contributed by atoms with Crippen LogP contribution in [0, 0.1) is 5.82 Å². The van der Waals surface area contributed by atoms with Crippen molar-refractivity contribution in [2.75, 3.05) is 39.0 Å². The summed E-state index contributed by atoms with van der Waals surface area (Å²) in [6.07, 6.45) is 4.10.